The van der Waals surface area contributed by atoms with E-state index in [-0.39, 0.29) is 36.5 Å². The summed E-state index contributed by atoms with van der Waals surface area (Å²) in [6.07, 6.45) is 2.17. The molecule has 2 atom stereocenters. The molecule has 0 aliphatic carbocycles. The molecule has 0 saturated heterocycles. The van der Waals surface area contributed by atoms with Gasteiger partial charge in [-0.25, -0.2) is 4.98 Å². The summed E-state index contributed by atoms with van der Waals surface area (Å²) < 4.78 is 0.657. The van der Waals surface area contributed by atoms with Gasteiger partial charge in [0.05, 0.1) is 22.8 Å². The SMILES string of the molecule is [CH2]CC(Nc1ncc(Br)c(N[C@H](C)CO)n1)C(=N)C(=O)CC. The Labute approximate surface area is 138 Å². The number of aliphatic hydroxyl groups excluding tert-OH is 1. The lowest BCUT2D eigenvalue weighted by molar-refractivity contribution is -0.112. The molecule has 1 radical (unpaired) electrons. The highest BCUT2D eigenvalue weighted by molar-refractivity contribution is 9.10. The lowest BCUT2D eigenvalue weighted by Gasteiger charge is -2.18. The van der Waals surface area contributed by atoms with E-state index in [1.807, 2.05) is 6.92 Å². The van der Waals surface area contributed by atoms with Crippen LogP contribution in [0.3, 0.4) is 0 Å². The van der Waals surface area contributed by atoms with E-state index in [0.717, 1.165) is 0 Å². The molecule has 0 saturated carbocycles. The standard InChI is InChI=1S/C14H21BrN5O2/c1-4-10(12(16)11(22)5-2)19-14-17-6-9(15)13(20-14)18-8(3)7-21/h6,8,10,16,21H,1,4-5,7H2,2-3H3,(H2,17,18,19,20)/t8-,10?/m1/s1. The van der Waals surface area contributed by atoms with Gasteiger partial charge in [-0.3, -0.25) is 10.2 Å². The number of carbonyl (C=O) groups excluding carboxylic acids is 1. The van der Waals surface area contributed by atoms with Crippen molar-refractivity contribution >= 4 is 39.2 Å². The van der Waals surface area contributed by atoms with Crippen LogP contribution in [0.2, 0.25) is 0 Å². The summed E-state index contributed by atoms with van der Waals surface area (Å²) in [5, 5.41) is 22.9. The number of hydrogen-bond acceptors (Lipinski definition) is 7. The molecule has 121 valence electrons. The number of carbonyl (C=O) groups is 1. The van der Waals surface area contributed by atoms with Crippen LogP contribution in [0.5, 0.6) is 0 Å². The van der Waals surface area contributed by atoms with Crippen LogP contribution >= 0.6 is 15.9 Å². The van der Waals surface area contributed by atoms with Gasteiger partial charge in [0.1, 0.15) is 5.82 Å². The van der Waals surface area contributed by atoms with Crippen molar-refractivity contribution in [3.8, 4) is 0 Å². The Hall–Kier alpha value is -1.54. The molecule has 1 aromatic rings. The van der Waals surface area contributed by atoms with Crippen LogP contribution in [0.25, 0.3) is 0 Å². The number of ketones is 1. The van der Waals surface area contributed by atoms with E-state index in [2.05, 4.69) is 43.5 Å². The van der Waals surface area contributed by atoms with E-state index in [0.29, 0.717) is 16.7 Å². The molecule has 0 fully saturated rings. The first-order chi connectivity index (χ1) is 10.4. The first-order valence-corrected chi connectivity index (χ1v) is 7.79. The van der Waals surface area contributed by atoms with Gasteiger partial charge in [-0.1, -0.05) is 13.8 Å². The van der Waals surface area contributed by atoms with Gasteiger partial charge in [0.2, 0.25) is 5.95 Å². The molecule has 0 aromatic carbocycles. The Morgan fingerprint density at radius 3 is 2.77 bits per heavy atom. The fraction of sp³-hybridized carbons (Fsp3) is 0.500. The minimum atomic E-state index is -0.531. The zero-order valence-corrected chi connectivity index (χ0v) is 14.3. The highest BCUT2D eigenvalue weighted by Gasteiger charge is 2.19. The third kappa shape index (κ3) is 5.03. The number of nitrogens with one attached hydrogen (secondary N) is 3. The van der Waals surface area contributed by atoms with Crippen LogP contribution in [-0.2, 0) is 4.79 Å². The summed E-state index contributed by atoms with van der Waals surface area (Å²) in [6.45, 7) is 7.25. The number of nitrogens with zero attached hydrogens (tertiary/aromatic N) is 2. The monoisotopic (exact) mass is 370 g/mol. The maximum Gasteiger partial charge on any atom is 0.225 e. The number of halogens is 1. The lowest BCUT2D eigenvalue weighted by Crippen LogP contribution is -2.34. The van der Waals surface area contributed by atoms with E-state index < -0.39 is 6.04 Å². The van der Waals surface area contributed by atoms with E-state index in [9.17, 15) is 4.79 Å². The van der Waals surface area contributed by atoms with Crippen molar-refractivity contribution in [1.29, 1.82) is 5.41 Å². The fourth-order valence-electron chi connectivity index (χ4n) is 1.65. The van der Waals surface area contributed by atoms with Crippen molar-refractivity contribution in [3.05, 3.63) is 17.6 Å². The zero-order valence-electron chi connectivity index (χ0n) is 12.7. The summed E-state index contributed by atoms with van der Waals surface area (Å²) >= 11 is 3.33. The Bertz CT molecular complexity index is 538. The van der Waals surface area contributed by atoms with Crippen molar-refractivity contribution in [3.63, 3.8) is 0 Å². The number of hydrogen-bond donors (Lipinski definition) is 4. The topological polar surface area (TPSA) is 111 Å². The van der Waals surface area contributed by atoms with E-state index >= 15 is 0 Å². The summed E-state index contributed by atoms with van der Waals surface area (Å²) in [7, 11) is 0. The minimum absolute atomic E-state index is 0.0257. The average Bonchev–Trinajstić information content (AvgIpc) is 2.53. The third-order valence-corrected chi connectivity index (χ3v) is 3.54. The Kier molecular flexibility index (Phi) is 7.40. The summed E-state index contributed by atoms with van der Waals surface area (Å²) in [6, 6.07) is -0.695. The highest BCUT2D eigenvalue weighted by Crippen LogP contribution is 2.21. The Morgan fingerprint density at radius 2 is 2.23 bits per heavy atom. The molecule has 0 amide bonds. The summed E-state index contributed by atoms with van der Waals surface area (Å²) in [5.41, 5.74) is -0.0257. The van der Waals surface area contributed by atoms with Crippen LogP contribution in [0, 0.1) is 12.3 Å². The van der Waals surface area contributed by atoms with Crippen LogP contribution < -0.4 is 10.6 Å². The molecule has 0 aliphatic heterocycles. The van der Waals surface area contributed by atoms with Gasteiger partial charge in [-0.15, -0.1) is 0 Å². The van der Waals surface area contributed by atoms with Gasteiger partial charge < -0.3 is 15.7 Å². The average molecular weight is 371 g/mol. The minimum Gasteiger partial charge on any atom is -0.394 e. The maximum absolute atomic E-state index is 11.6. The molecule has 0 bridgehead atoms. The van der Waals surface area contributed by atoms with E-state index in [1.165, 1.54) is 0 Å². The zero-order chi connectivity index (χ0) is 16.7. The highest BCUT2D eigenvalue weighted by atomic mass is 79.9. The largest absolute Gasteiger partial charge is 0.394 e. The van der Waals surface area contributed by atoms with E-state index in [1.54, 1.807) is 13.1 Å². The van der Waals surface area contributed by atoms with Gasteiger partial charge in [0.15, 0.2) is 5.78 Å². The van der Waals surface area contributed by atoms with Crippen molar-refractivity contribution < 1.29 is 9.90 Å². The molecule has 1 rings (SSSR count). The molecule has 4 N–H and O–H groups in total. The third-order valence-electron chi connectivity index (χ3n) is 2.96. The van der Waals surface area contributed by atoms with Crippen molar-refractivity contribution in [2.45, 2.75) is 38.8 Å². The molecule has 1 heterocycles. The normalized spacial score (nSPS) is 13.3. The molecular formula is C14H21BrN5O2. The van der Waals surface area contributed by atoms with Crippen LogP contribution in [0.1, 0.15) is 26.7 Å². The maximum atomic E-state index is 11.6. The molecular weight excluding hydrogens is 350 g/mol. The molecule has 0 spiro atoms. The molecule has 8 heteroatoms. The van der Waals surface area contributed by atoms with Crippen molar-refractivity contribution in [1.82, 2.24) is 9.97 Å². The van der Waals surface area contributed by atoms with Crippen LogP contribution in [-0.4, -0.2) is 45.3 Å². The predicted molar refractivity (Wildman–Crippen MR) is 90.3 cm³/mol. The molecule has 7 nitrogen and oxygen atoms in total. The van der Waals surface area contributed by atoms with E-state index in [4.69, 9.17) is 10.5 Å². The molecule has 1 aromatic heterocycles. The molecule has 22 heavy (non-hydrogen) atoms. The van der Waals surface area contributed by atoms with Crippen LogP contribution in [0.4, 0.5) is 11.8 Å². The van der Waals surface area contributed by atoms with Gasteiger partial charge in [-0.05, 0) is 29.3 Å². The van der Waals surface area contributed by atoms with Gasteiger partial charge in [0, 0.05) is 18.7 Å². The second kappa shape index (κ2) is 8.79. The Morgan fingerprint density at radius 1 is 1.55 bits per heavy atom. The second-order valence-corrected chi connectivity index (χ2v) is 5.65. The molecule has 0 aliphatic rings. The number of anilines is 2. The summed E-state index contributed by atoms with van der Waals surface area (Å²) in [5.74, 6) is 0.582. The molecule has 1 unspecified atom stereocenters. The quantitative estimate of drug-likeness (QED) is 0.495. The number of rotatable bonds is 9. The van der Waals surface area contributed by atoms with Gasteiger partial charge in [0.25, 0.3) is 0 Å². The van der Waals surface area contributed by atoms with Gasteiger partial charge >= 0.3 is 0 Å². The summed E-state index contributed by atoms with van der Waals surface area (Å²) in [4.78, 5) is 20.0. The smallest absolute Gasteiger partial charge is 0.225 e. The fourth-order valence-corrected chi connectivity index (χ4v) is 1.95. The number of aliphatic hydroxyl groups is 1. The van der Waals surface area contributed by atoms with Crippen molar-refractivity contribution in [2.75, 3.05) is 17.2 Å². The van der Waals surface area contributed by atoms with Gasteiger partial charge in [-0.2, -0.15) is 4.98 Å². The van der Waals surface area contributed by atoms with Crippen LogP contribution in [0.15, 0.2) is 10.7 Å². The first kappa shape index (κ1) is 18.5. The number of aromatic nitrogens is 2. The predicted octanol–water partition coefficient (Wildman–Crippen LogP) is 2.04. The number of Topliss-reactive ketones (excluding diaryl/α,β-unsaturated/α-hetero) is 1. The second-order valence-electron chi connectivity index (χ2n) is 4.79. The lowest BCUT2D eigenvalue weighted by atomic mass is 10.0. The first-order valence-electron chi connectivity index (χ1n) is 7.00. The Balaban J connectivity index is 2.90. The van der Waals surface area contributed by atoms with Crippen molar-refractivity contribution in [2.24, 2.45) is 0 Å².